The van der Waals surface area contributed by atoms with Gasteiger partial charge in [0.25, 0.3) is 0 Å². The third kappa shape index (κ3) is 3.31. The van der Waals surface area contributed by atoms with E-state index in [-0.39, 0.29) is 0 Å². The van der Waals surface area contributed by atoms with Crippen molar-refractivity contribution < 1.29 is 0 Å². The minimum Gasteiger partial charge on any atom is -0.381 e. The van der Waals surface area contributed by atoms with Crippen LogP contribution < -0.4 is 5.32 Å². The monoisotopic (exact) mass is 226 g/mol. The van der Waals surface area contributed by atoms with Crippen LogP contribution in [-0.4, -0.2) is 4.98 Å². The summed E-state index contributed by atoms with van der Waals surface area (Å²) in [6.45, 7) is 5.25. The SMILES string of the molecule is CC(C)c1ccc(NCc2ccncc2)cc1. The Hall–Kier alpha value is -1.83. The Morgan fingerprint density at radius 3 is 2.24 bits per heavy atom. The minimum absolute atomic E-state index is 0.587. The third-order valence-corrected chi connectivity index (χ3v) is 2.82. The van der Waals surface area contributed by atoms with Gasteiger partial charge < -0.3 is 5.32 Å². The molecule has 0 radical (unpaired) electrons. The topological polar surface area (TPSA) is 24.9 Å². The minimum atomic E-state index is 0.587. The van der Waals surface area contributed by atoms with Gasteiger partial charge >= 0.3 is 0 Å². The van der Waals surface area contributed by atoms with E-state index in [0.29, 0.717) is 5.92 Å². The van der Waals surface area contributed by atoms with Crippen LogP contribution in [0.4, 0.5) is 5.69 Å². The number of nitrogens with zero attached hydrogens (tertiary/aromatic N) is 1. The smallest absolute Gasteiger partial charge is 0.0401 e. The van der Waals surface area contributed by atoms with Crippen LogP contribution in [0.5, 0.6) is 0 Å². The van der Waals surface area contributed by atoms with Crippen LogP contribution in [0.2, 0.25) is 0 Å². The van der Waals surface area contributed by atoms with Crippen LogP contribution >= 0.6 is 0 Å². The van der Waals surface area contributed by atoms with Crippen LogP contribution in [0.25, 0.3) is 0 Å². The maximum atomic E-state index is 4.00. The molecule has 88 valence electrons. The Kier molecular flexibility index (Phi) is 3.76. The zero-order valence-electron chi connectivity index (χ0n) is 10.4. The first kappa shape index (κ1) is 11.6. The second kappa shape index (κ2) is 5.48. The summed E-state index contributed by atoms with van der Waals surface area (Å²) in [4.78, 5) is 4.00. The van der Waals surface area contributed by atoms with E-state index in [1.807, 2.05) is 24.5 Å². The van der Waals surface area contributed by atoms with Crippen molar-refractivity contribution >= 4 is 5.69 Å². The summed E-state index contributed by atoms with van der Waals surface area (Å²) in [6, 6.07) is 12.7. The van der Waals surface area contributed by atoms with Gasteiger partial charge in [0, 0.05) is 24.6 Å². The second-order valence-corrected chi connectivity index (χ2v) is 4.49. The predicted octanol–water partition coefficient (Wildman–Crippen LogP) is 3.82. The Balaban J connectivity index is 1.96. The van der Waals surface area contributed by atoms with Gasteiger partial charge in [-0.2, -0.15) is 0 Å². The number of hydrogen-bond acceptors (Lipinski definition) is 2. The summed E-state index contributed by atoms with van der Waals surface area (Å²) in [5, 5.41) is 3.40. The molecule has 2 rings (SSSR count). The van der Waals surface area contributed by atoms with Crippen molar-refractivity contribution in [2.45, 2.75) is 26.3 Å². The van der Waals surface area contributed by atoms with E-state index in [4.69, 9.17) is 0 Å². The quantitative estimate of drug-likeness (QED) is 0.857. The molecular formula is C15H18N2. The summed E-state index contributed by atoms with van der Waals surface area (Å²) in [5.74, 6) is 0.587. The lowest BCUT2D eigenvalue weighted by Gasteiger charge is -2.09. The van der Waals surface area contributed by atoms with Crippen molar-refractivity contribution in [3.8, 4) is 0 Å². The molecule has 2 nitrogen and oxygen atoms in total. The predicted molar refractivity (Wildman–Crippen MR) is 72.1 cm³/mol. The van der Waals surface area contributed by atoms with Gasteiger partial charge in [-0.1, -0.05) is 26.0 Å². The number of rotatable bonds is 4. The summed E-state index contributed by atoms with van der Waals surface area (Å²) in [7, 11) is 0. The van der Waals surface area contributed by atoms with E-state index in [0.717, 1.165) is 12.2 Å². The molecule has 1 aromatic carbocycles. The lowest BCUT2D eigenvalue weighted by molar-refractivity contribution is 0.867. The van der Waals surface area contributed by atoms with Crippen LogP contribution in [0.1, 0.15) is 30.9 Å². The van der Waals surface area contributed by atoms with Crippen LogP contribution in [0, 0.1) is 0 Å². The zero-order chi connectivity index (χ0) is 12.1. The molecule has 17 heavy (non-hydrogen) atoms. The van der Waals surface area contributed by atoms with Crippen molar-refractivity contribution in [2.24, 2.45) is 0 Å². The Morgan fingerprint density at radius 1 is 1.00 bits per heavy atom. The van der Waals surface area contributed by atoms with E-state index in [9.17, 15) is 0 Å². The van der Waals surface area contributed by atoms with Gasteiger partial charge in [-0.15, -0.1) is 0 Å². The Labute approximate surface area is 103 Å². The standard InChI is InChI=1S/C15H18N2/c1-12(2)14-3-5-15(6-4-14)17-11-13-7-9-16-10-8-13/h3-10,12,17H,11H2,1-2H3. The maximum Gasteiger partial charge on any atom is 0.0401 e. The van der Waals surface area contributed by atoms with Crippen LogP contribution in [0.15, 0.2) is 48.8 Å². The van der Waals surface area contributed by atoms with Gasteiger partial charge in [-0.05, 0) is 41.3 Å². The molecular weight excluding hydrogens is 208 g/mol. The molecule has 0 saturated carbocycles. The van der Waals surface area contributed by atoms with Gasteiger partial charge in [-0.3, -0.25) is 4.98 Å². The van der Waals surface area contributed by atoms with E-state index in [1.54, 1.807) is 0 Å². The molecule has 0 aliphatic carbocycles. The van der Waals surface area contributed by atoms with E-state index in [2.05, 4.69) is 48.4 Å². The Morgan fingerprint density at radius 2 is 1.65 bits per heavy atom. The maximum absolute atomic E-state index is 4.00. The summed E-state index contributed by atoms with van der Waals surface area (Å²) in [5.41, 5.74) is 3.78. The molecule has 0 atom stereocenters. The average molecular weight is 226 g/mol. The van der Waals surface area contributed by atoms with Crippen LogP contribution in [0.3, 0.4) is 0 Å². The van der Waals surface area contributed by atoms with E-state index < -0.39 is 0 Å². The molecule has 0 unspecified atom stereocenters. The number of pyridine rings is 1. The molecule has 0 amide bonds. The molecule has 1 heterocycles. The summed E-state index contributed by atoms with van der Waals surface area (Å²) < 4.78 is 0. The zero-order valence-corrected chi connectivity index (χ0v) is 10.4. The number of benzene rings is 1. The normalized spacial score (nSPS) is 10.5. The molecule has 0 fully saturated rings. The molecule has 0 spiro atoms. The largest absolute Gasteiger partial charge is 0.381 e. The first-order valence-electron chi connectivity index (χ1n) is 5.98. The lowest BCUT2D eigenvalue weighted by Crippen LogP contribution is -1.99. The molecule has 0 saturated heterocycles. The van der Waals surface area contributed by atoms with E-state index in [1.165, 1.54) is 11.1 Å². The first-order valence-corrected chi connectivity index (χ1v) is 5.98. The highest BCUT2D eigenvalue weighted by atomic mass is 14.9. The summed E-state index contributed by atoms with van der Waals surface area (Å²) in [6.07, 6.45) is 3.64. The van der Waals surface area contributed by atoms with Crippen molar-refractivity contribution in [3.63, 3.8) is 0 Å². The van der Waals surface area contributed by atoms with Crippen molar-refractivity contribution in [2.75, 3.05) is 5.32 Å². The molecule has 1 N–H and O–H groups in total. The fourth-order valence-corrected chi connectivity index (χ4v) is 1.69. The number of nitrogens with one attached hydrogen (secondary N) is 1. The van der Waals surface area contributed by atoms with Gasteiger partial charge in [-0.25, -0.2) is 0 Å². The molecule has 2 heteroatoms. The van der Waals surface area contributed by atoms with Gasteiger partial charge in [0.2, 0.25) is 0 Å². The third-order valence-electron chi connectivity index (χ3n) is 2.82. The molecule has 0 aliphatic rings. The lowest BCUT2D eigenvalue weighted by atomic mass is 10.0. The Bertz CT molecular complexity index is 446. The molecule has 0 aliphatic heterocycles. The number of anilines is 1. The van der Waals surface area contributed by atoms with Crippen LogP contribution in [-0.2, 0) is 6.54 Å². The second-order valence-electron chi connectivity index (χ2n) is 4.49. The number of hydrogen-bond donors (Lipinski definition) is 1. The van der Waals surface area contributed by atoms with Gasteiger partial charge in [0.15, 0.2) is 0 Å². The highest BCUT2D eigenvalue weighted by molar-refractivity contribution is 5.45. The van der Waals surface area contributed by atoms with Crippen molar-refractivity contribution in [1.82, 2.24) is 4.98 Å². The highest BCUT2D eigenvalue weighted by Crippen LogP contribution is 2.17. The van der Waals surface area contributed by atoms with Crippen molar-refractivity contribution in [3.05, 3.63) is 59.9 Å². The fourth-order valence-electron chi connectivity index (χ4n) is 1.69. The molecule has 1 aromatic heterocycles. The average Bonchev–Trinajstić information content (AvgIpc) is 2.38. The van der Waals surface area contributed by atoms with Crippen molar-refractivity contribution in [1.29, 1.82) is 0 Å². The highest BCUT2D eigenvalue weighted by Gasteiger charge is 1.98. The van der Waals surface area contributed by atoms with E-state index >= 15 is 0 Å². The summed E-state index contributed by atoms with van der Waals surface area (Å²) >= 11 is 0. The molecule has 0 bridgehead atoms. The fraction of sp³-hybridized carbons (Fsp3) is 0.267. The number of aromatic nitrogens is 1. The van der Waals surface area contributed by atoms with Gasteiger partial charge in [0.1, 0.15) is 0 Å². The first-order chi connectivity index (χ1) is 8.25. The van der Waals surface area contributed by atoms with Gasteiger partial charge in [0.05, 0.1) is 0 Å². The molecule has 2 aromatic rings.